The van der Waals surface area contributed by atoms with Crippen molar-refractivity contribution < 1.29 is 9.21 Å². The number of nitrogens with zero attached hydrogens (tertiary/aromatic N) is 2. The van der Waals surface area contributed by atoms with Gasteiger partial charge < -0.3 is 19.5 Å². The molecule has 4 aromatic rings. The highest BCUT2D eigenvalue weighted by atomic mass is 16.4. The lowest BCUT2D eigenvalue weighted by Gasteiger charge is -2.34. The molecule has 1 amide bonds. The van der Waals surface area contributed by atoms with Crippen LogP contribution in [0.15, 0.2) is 88.1 Å². The lowest BCUT2D eigenvalue weighted by molar-refractivity contribution is 0.102. The van der Waals surface area contributed by atoms with E-state index in [2.05, 4.69) is 22.2 Å². The van der Waals surface area contributed by atoms with Crippen LogP contribution in [0.2, 0.25) is 0 Å². The van der Waals surface area contributed by atoms with Crippen LogP contribution in [-0.2, 0) is 0 Å². The van der Waals surface area contributed by atoms with Crippen molar-refractivity contribution in [3.8, 4) is 11.1 Å². The second kappa shape index (κ2) is 8.92. The number of likely N-dealkylation sites (N-methyl/N-ethyl adjacent to an activating group) is 1. The highest BCUT2D eigenvalue weighted by Crippen LogP contribution is 2.23. The molecule has 3 aromatic carbocycles. The lowest BCUT2D eigenvalue weighted by atomic mass is 10.0. The van der Waals surface area contributed by atoms with Crippen molar-refractivity contribution in [1.29, 1.82) is 0 Å². The molecular weight excluding hydrogens is 414 g/mol. The smallest absolute Gasteiger partial charge is 0.344 e. The summed E-state index contributed by atoms with van der Waals surface area (Å²) in [6, 6.07) is 24.1. The van der Waals surface area contributed by atoms with Gasteiger partial charge in [-0.2, -0.15) is 0 Å². The van der Waals surface area contributed by atoms with Crippen LogP contribution in [0.3, 0.4) is 0 Å². The van der Waals surface area contributed by atoms with Crippen LogP contribution in [0, 0.1) is 0 Å². The number of hydrogen-bond acceptors (Lipinski definition) is 5. The summed E-state index contributed by atoms with van der Waals surface area (Å²) in [4.78, 5) is 30.1. The Kier molecular flexibility index (Phi) is 5.67. The van der Waals surface area contributed by atoms with E-state index >= 15 is 0 Å². The normalized spacial score (nSPS) is 14.4. The molecule has 1 aliphatic rings. The van der Waals surface area contributed by atoms with Gasteiger partial charge >= 0.3 is 5.63 Å². The second-order valence-corrected chi connectivity index (χ2v) is 8.36. The van der Waals surface area contributed by atoms with Gasteiger partial charge in [-0.1, -0.05) is 30.3 Å². The Bertz CT molecular complexity index is 1350. The summed E-state index contributed by atoms with van der Waals surface area (Å²) in [5, 5.41) is 3.79. The predicted octanol–water partition coefficient (Wildman–Crippen LogP) is 4.46. The SMILES string of the molecule is CN1CCN(c2ccc(NC(=O)c3cccc(-c4cc5ccccc5oc4=O)c3)cc2)CC1. The van der Waals surface area contributed by atoms with Crippen molar-refractivity contribution in [2.45, 2.75) is 0 Å². The highest BCUT2D eigenvalue weighted by Gasteiger charge is 2.15. The fraction of sp³-hybridized carbons (Fsp3) is 0.185. The van der Waals surface area contributed by atoms with Gasteiger partial charge in [-0.15, -0.1) is 0 Å². The standard InChI is InChI=1S/C27H25N3O3/c1-29-13-15-30(16-14-29)23-11-9-22(10-12-23)28-26(31)21-7-4-6-19(17-21)24-18-20-5-2-3-8-25(20)33-27(24)32/h2-12,17-18H,13-16H2,1H3,(H,28,31). The molecule has 6 heteroatoms. The first-order valence-corrected chi connectivity index (χ1v) is 11.0. The minimum Gasteiger partial charge on any atom is -0.422 e. The van der Waals surface area contributed by atoms with Crippen LogP contribution in [0.4, 0.5) is 11.4 Å². The summed E-state index contributed by atoms with van der Waals surface area (Å²) >= 11 is 0. The monoisotopic (exact) mass is 439 g/mol. The second-order valence-electron chi connectivity index (χ2n) is 8.36. The van der Waals surface area contributed by atoms with Gasteiger partial charge in [0.05, 0.1) is 5.56 Å². The number of para-hydroxylation sites is 1. The van der Waals surface area contributed by atoms with Gasteiger partial charge in [-0.05, 0) is 61.1 Å². The number of benzene rings is 3. The quantitative estimate of drug-likeness (QED) is 0.476. The van der Waals surface area contributed by atoms with Crippen LogP contribution in [0.1, 0.15) is 10.4 Å². The third kappa shape index (κ3) is 4.52. The highest BCUT2D eigenvalue weighted by molar-refractivity contribution is 6.05. The Morgan fingerprint density at radius 2 is 1.64 bits per heavy atom. The van der Waals surface area contributed by atoms with Crippen molar-refractivity contribution in [3.63, 3.8) is 0 Å². The first-order valence-electron chi connectivity index (χ1n) is 11.0. The summed E-state index contributed by atoms with van der Waals surface area (Å²) in [5.41, 5.74) is 3.56. The number of fused-ring (bicyclic) bond motifs is 1. The summed E-state index contributed by atoms with van der Waals surface area (Å²) < 4.78 is 5.45. The van der Waals surface area contributed by atoms with Crippen LogP contribution in [0.25, 0.3) is 22.1 Å². The van der Waals surface area contributed by atoms with Crippen molar-refractivity contribution in [2.75, 3.05) is 43.4 Å². The Hall–Kier alpha value is -3.90. The van der Waals surface area contributed by atoms with Gasteiger partial charge in [0.15, 0.2) is 0 Å². The molecule has 0 spiro atoms. The molecule has 0 aliphatic carbocycles. The largest absolute Gasteiger partial charge is 0.422 e. The summed E-state index contributed by atoms with van der Waals surface area (Å²) in [6.45, 7) is 4.09. The number of carbonyl (C=O) groups is 1. The molecule has 0 bridgehead atoms. The van der Waals surface area contributed by atoms with Gasteiger partial charge in [0, 0.05) is 48.5 Å². The zero-order chi connectivity index (χ0) is 22.8. The molecule has 6 nitrogen and oxygen atoms in total. The minimum absolute atomic E-state index is 0.227. The van der Waals surface area contributed by atoms with Crippen molar-refractivity contribution in [3.05, 3.63) is 94.8 Å². The van der Waals surface area contributed by atoms with E-state index in [0.29, 0.717) is 22.3 Å². The van der Waals surface area contributed by atoms with Crippen molar-refractivity contribution >= 4 is 28.3 Å². The molecule has 33 heavy (non-hydrogen) atoms. The number of hydrogen-bond donors (Lipinski definition) is 1. The van der Waals surface area contributed by atoms with E-state index in [1.54, 1.807) is 30.3 Å². The van der Waals surface area contributed by atoms with Gasteiger partial charge in [0.2, 0.25) is 0 Å². The number of piperazine rings is 1. The molecule has 2 heterocycles. The fourth-order valence-electron chi connectivity index (χ4n) is 4.11. The number of rotatable bonds is 4. The molecule has 1 aliphatic heterocycles. The third-order valence-electron chi connectivity index (χ3n) is 6.07. The van der Waals surface area contributed by atoms with Crippen molar-refractivity contribution in [2.24, 2.45) is 0 Å². The van der Waals surface area contributed by atoms with Crippen molar-refractivity contribution in [1.82, 2.24) is 4.90 Å². The summed E-state index contributed by atoms with van der Waals surface area (Å²) in [6.07, 6.45) is 0. The Morgan fingerprint density at radius 3 is 2.42 bits per heavy atom. The maximum Gasteiger partial charge on any atom is 0.344 e. The van der Waals surface area contributed by atoms with Gasteiger partial charge in [0.25, 0.3) is 5.91 Å². The van der Waals surface area contributed by atoms with E-state index in [9.17, 15) is 9.59 Å². The lowest BCUT2D eigenvalue weighted by Crippen LogP contribution is -2.44. The first-order chi connectivity index (χ1) is 16.1. The number of amides is 1. The molecular formula is C27H25N3O3. The number of nitrogens with one attached hydrogen (secondary N) is 1. The molecule has 0 unspecified atom stereocenters. The zero-order valence-electron chi connectivity index (χ0n) is 18.5. The van der Waals surface area contributed by atoms with Crippen LogP contribution < -0.4 is 15.8 Å². The van der Waals surface area contributed by atoms with E-state index in [1.165, 1.54) is 0 Å². The Morgan fingerprint density at radius 1 is 0.879 bits per heavy atom. The summed E-state index contributed by atoms with van der Waals surface area (Å²) in [5.74, 6) is -0.227. The zero-order valence-corrected chi connectivity index (χ0v) is 18.5. The van der Waals surface area contributed by atoms with E-state index in [-0.39, 0.29) is 5.91 Å². The molecule has 0 radical (unpaired) electrons. The molecule has 0 saturated carbocycles. The third-order valence-corrected chi connectivity index (χ3v) is 6.07. The Balaban J connectivity index is 1.33. The topological polar surface area (TPSA) is 65.8 Å². The predicted molar refractivity (Wildman–Crippen MR) is 132 cm³/mol. The molecule has 1 fully saturated rings. The average molecular weight is 440 g/mol. The fourth-order valence-corrected chi connectivity index (χ4v) is 4.11. The number of carbonyl (C=O) groups excluding carboxylic acids is 1. The molecule has 5 rings (SSSR count). The maximum atomic E-state index is 12.9. The van der Waals surface area contributed by atoms with E-state index in [1.807, 2.05) is 48.5 Å². The molecule has 1 N–H and O–H groups in total. The first kappa shape index (κ1) is 21.0. The molecule has 1 aromatic heterocycles. The summed E-state index contributed by atoms with van der Waals surface area (Å²) in [7, 11) is 2.14. The van der Waals surface area contributed by atoms with Crippen LogP contribution in [0.5, 0.6) is 0 Å². The number of anilines is 2. The van der Waals surface area contributed by atoms with Gasteiger partial charge in [0.1, 0.15) is 5.58 Å². The van der Waals surface area contributed by atoms with E-state index < -0.39 is 5.63 Å². The van der Waals surface area contributed by atoms with Gasteiger partial charge in [-0.25, -0.2) is 4.79 Å². The Labute approximate surface area is 192 Å². The van der Waals surface area contributed by atoms with E-state index in [0.717, 1.165) is 42.9 Å². The van der Waals surface area contributed by atoms with Crippen LogP contribution in [-0.4, -0.2) is 44.0 Å². The maximum absolute atomic E-state index is 12.9. The molecule has 166 valence electrons. The van der Waals surface area contributed by atoms with Gasteiger partial charge in [-0.3, -0.25) is 4.79 Å². The average Bonchev–Trinajstić information content (AvgIpc) is 2.85. The van der Waals surface area contributed by atoms with Crippen LogP contribution >= 0.6 is 0 Å². The molecule has 1 saturated heterocycles. The van der Waals surface area contributed by atoms with E-state index in [4.69, 9.17) is 4.42 Å². The minimum atomic E-state index is -0.425. The molecule has 0 atom stereocenters.